The quantitative estimate of drug-likeness (QED) is 0.391. The van der Waals surface area contributed by atoms with Gasteiger partial charge in [-0.15, -0.1) is 0 Å². The fourth-order valence-corrected chi connectivity index (χ4v) is 5.13. The molecule has 0 saturated carbocycles. The van der Waals surface area contributed by atoms with E-state index >= 15 is 0 Å². The fraction of sp³-hybridized carbons (Fsp3) is 0.296. The van der Waals surface area contributed by atoms with Crippen LogP contribution in [0.2, 0.25) is 5.02 Å². The zero-order chi connectivity index (χ0) is 25.3. The van der Waals surface area contributed by atoms with Gasteiger partial charge in [-0.3, -0.25) is 4.79 Å². The van der Waals surface area contributed by atoms with Gasteiger partial charge in [0.2, 0.25) is 0 Å². The molecular weight excluding hydrogens is 470 g/mol. The zero-order valence-electron chi connectivity index (χ0n) is 20.3. The van der Waals surface area contributed by atoms with E-state index in [-0.39, 0.29) is 10.3 Å². The minimum Gasteiger partial charge on any atom is -0.481 e. The third kappa shape index (κ3) is 5.62. The van der Waals surface area contributed by atoms with Crippen LogP contribution in [0.5, 0.6) is 5.75 Å². The van der Waals surface area contributed by atoms with Crippen LogP contribution in [-0.2, 0) is 20.2 Å². The van der Waals surface area contributed by atoms with E-state index in [9.17, 15) is 13.2 Å². The highest BCUT2D eigenvalue weighted by molar-refractivity contribution is 7.93. The molecule has 1 unspecified atom stereocenters. The van der Waals surface area contributed by atoms with Crippen molar-refractivity contribution in [3.05, 3.63) is 88.4 Å². The van der Waals surface area contributed by atoms with Gasteiger partial charge in [-0.2, -0.15) is 4.31 Å². The molecule has 3 rings (SSSR count). The van der Waals surface area contributed by atoms with E-state index in [1.165, 1.54) is 24.3 Å². The van der Waals surface area contributed by atoms with Gasteiger partial charge in [0.1, 0.15) is 5.75 Å². The Morgan fingerprint density at radius 3 is 2.09 bits per heavy atom. The lowest BCUT2D eigenvalue weighted by atomic mass is 9.87. The second-order valence-electron chi connectivity index (χ2n) is 9.39. The predicted octanol–water partition coefficient (Wildman–Crippen LogP) is 6.44. The molecule has 0 aromatic heterocycles. The van der Waals surface area contributed by atoms with Crippen LogP contribution in [0.3, 0.4) is 0 Å². The first-order valence-electron chi connectivity index (χ1n) is 11.0. The van der Waals surface area contributed by atoms with Gasteiger partial charge in [-0.25, -0.2) is 8.42 Å². The number of anilines is 1. The molecule has 0 aliphatic heterocycles. The smallest absolute Gasteiger partial charge is 0.281 e. The Hall–Kier alpha value is -2.83. The summed E-state index contributed by atoms with van der Waals surface area (Å²) in [6.07, 6.45) is -1.05. The standard InChI is InChI=1S/C27H30ClNO4S/c1-18-7-8-19(2)25(17-18)29(34(31,32)24-15-11-22(28)12-16-24)26(30)20(3)33-23-13-9-21(10-14-23)27(4,5)6/h7-17,20H,1-6H3. The number of nitrogens with zero attached hydrogens (tertiary/aromatic N) is 1. The van der Waals surface area contributed by atoms with Crippen LogP contribution in [0.15, 0.2) is 71.6 Å². The van der Waals surface area contributed by atoms with Gasteiger partial charge in [-0.1, -0.05) is 56.6 Å². The van der Waals surface area contributed by atoms with Crippen LogP contribution in [0, 0.1) is 13.8 Å². The van der Waals surface area contributed by atoms with Crippen LogP contribution in [0.4, 0.5) is 5.69 Å². The second kappa shape index (κ2) is 9.80. The Morgan fingerprint density at radius 2 is 1.53 bits per heavy atom. The van der Waals surface area contributed by atoms with Crippen molar-refractivity contribution in [1.29, 1.82) is 0 Å². The Balaban J connectivity index is 2.01. The highest BCUT2D eigenvalue weighted by Crippen LogP contribution is 2.30. The Labute approximate surface area is 207 Å². The summed E-state index contributed by atoms with van der Waals surface area (Å²) in [7, 11) is -4.23. The molecule has 0 fully saturated rings. The lowest BCUT2D eigenvalue weighted by molar-refractivity contribution is -0.123. The average molecular weight is 500 g/mol. The molecule has 180 valence electrons. The van der Waals surface area contributed by atoms with Crippen LogP contribution < -0.4 is 9.04 Å². The van der Waals surface area contributed by atoms with Gasteiger partial charge >= 0.3 is 0 Å². The van der Waals surface area contributed by atoms with E-state index < -0.39 is 22.0 Å². The van der Waals surface area contributed by atoms with E-state index in [2.05, 4.69) is 20.8 Å². The summed E-state index contributed by atoms with van der Waals surface area (Å²) in [5.41, 5.74) is 2.88. The molecule has 0 spiro atoms. The second-order valence-corrected chi connectivity index (χ2v) is 11.6. The lowest BCUT2D eigenvalue weighted by Gasteiger charge is -2.27. The molecule has 0 saturated heterocycles. The maximum Gasteiger partial charge on any atom is 0.281 e. The van der Waals surface area contributed by atoms with Gasteiger partial charge in [0.15, 0.2) is 6.10 Å². The molecule has 0 bridgehead atoms. The van der Waals surface area contributed by atoms with E-state index in [4.69, 9.17) is 16.3 Å². The van der Waals surface area contributed by atoms with Crippen LogP contribution in [0.25, 0.3) is 0 Å². The first-order valence-corrected chi connectivity index (χ1v) is 12.8. The summed E-state index contributed by atoms with van der Waals surface area (Å²) in [4.78, 5) is 13.6. The Bertz CT molecular complexity index is 1280. The third-order valence-corrected chi connectivity index (χ3v) is 7.49. The number of carbonyl (C=O) groups excluding carboxylic acids is 1. The highest BCUT2D eigenvalue weighted by Gasteiger charge is 2.35. The van der Waals surface area contributed by atoms with E-state index in [0.29, 0.717) is 22.0 Å². The molecule has 0 aliphatic rings. The van der Waals surface area contributed by atoms with Crippen LogP contribution >= 0.6 is 11.6 Å². The predicted molar refractivity (Wildman–Crippen MR) is 137 cm³/mol. The number of benzene rings is 3. The summed E-state index contributed by atoms with van der Waals surface area (Å²) in [5.74, 6) is -0.206. The lowest BCUT2D eigenvalue weighted by Crippen LogP contribution is -2.44. The summed E-state index contributed by atoms with van der Waals surface area (Å²) >= 11 is 5.95. The van der Waals surface area contributed by atoms with Crippen molar-refractivity contribution in [2.75, 3.05) is 4.31 Å². The molecule has 1 amide bonds. The number of amides is 1. The van der Waals surface area contributed by atoms with Crippen molar-refractivity contribution in [3.63, 3.8) is 0 Å². The maximum atomic E-state index is 13.7. The summed E-state index contributed by atoms with van der Waals surface area (Å²) in [6, 6.07) is 18.6. The number of ether oxygens (including phenoxy) is 1. The van der Waals surface area contributed by atoms with Gasteiger partial charge in [0.05, 0.1) is 10.6 Å². The van der Waals surface area contributed by atoms with Crippen LogP contribution in [-0.4, -0.2) is 20.4 Å². The zero-order valence-corrected chi connectivity index (χ0v) is 21.9. The number of halogens is 1. The molecular formula is C27H30ClNO4S. The number of hydrogen-bond acceptors (Lipinski definition) is 4. The van der Waals surface area contributed by atoms with Gasteiger partial charge in [-0.05, 0) is 85.3 Å². The average Bonchev–Trinajstić information content (AvgIpc) is 2.76. The monoisotopic (exact) mass is 499 g/mol. The van der Waals surface area contributed by atoms with E-state index in [1.807, 2.05) is 25.1 Å². The SMILES string of the molecule is Cc1ccc(C)c(N(C(=O)C(C)Oc2ccc(C(C)(C)C)cc2)S(=O)(=O)c2ccc(Cl)cc2)c1. The maximum absolute atomic E-state index is 13.7. The Kier molecular flexibility index (Phi) is 7.44. The molecule has 34 heavy (non-hydrogen) atoms. The van der Waals surface area contributed by atoms with Crippen molar-refractivity contribution in [1.82, 2.24) is 0 Å². The van der Waals surface area contributed by atoms with Gasteiger partial charge in [0, 0.05) is 5.02 Å². The highest BCUT2D eigenvalue weighted by atomic mass is 35.5. The minimum atomic E-state index is -4.23. The van der Waals surface area contributed by atoms with Gasteiger partial charge in [0.25, 0.3) is 15.9 Å². The molecule has 7 heteroatoms. The molecule has 1 atom stereocenters. The molecule has 0 aliphatic carbocycles. The number of carbonyl (C=O) groups is 1. The largest absolute Gasteiger partial charge is 0.481 e. The topological polar surface area (TPSA) is 63.7 Å². The number of aryl methyl sites for hydroxylation is 2. The minimum absolute atomic E-state index is 0.0217. The van der Waals surface area contributed by atoms with E-state index in [1.54, 1.807) is 38.1 Å². The molecule has 0 radical (unpaired) electrons. The first kappa shape index (κ1) is 25.8. The summed E-state index contributed by atoms with van der Waals surface area (Å²) in [6.45, 7) is 11.5. The Morgan fingerprint density at radius 1 is 0.941 bits per heavy atom. The van der Waals surface area contributed by atoms with Gasteiger partial charge < -0.3 is 4.74 Å². The molecule has 3 aromatic rings. The van der Waals surface area contributed by atoms with Crippen molar-refractivity contribution < 1.29 is 17.9 Å². The van der Waals surface area contributed by atoms with Crippen molar-refractivity contribution >= 4 is 33.2 Å². The number of rotatable bonds is 6. The fourth-order valence-electron chi connectivity index (χ4n) is 3.47. The van der Waals surface area contributed by atoms with Crippen LogP contribution in [0.1, 0.15) is 44.4 Å². The summed E-state index contributed by atoms with van der Waals surface area (Å²) < 4.78 is 34.1. The molecule has 3 aromatic carbocycles. The molecule has 5 nitrogen and oxygen atoms in total. The van der Waals surface area contributed by atoms with Crippen molar-refractivity contribution in [3.8, 4) is 5.75 Å². The normalized spacial score (nSPS) is 12.8. The third-order valence-electron chi connectivity index (χ3n) is 5.52. The first-order chi connectivity index (χ1) is 15.8. The molecule has 0 heterocycles. The van der Waals surface area contributed by atoms with E-state index in [0.717, 1.165) is 15.4 Å². The van der Waals surface area contributed by atoms with Crippen molar-refractivity contribution in [2.45, 2.75) is 58.0 Å². The number of hydrogen-bond donors (Lipinski definition) is 0. The van der Waals surface area contributed by atoms with Crippen molar-refractivity contribution in [2.24, 2.45) is 0 Å². The summed E-state index contributed by atoms with van der Waals surface area (Å²) in [5, 5.41) is 0.402. The number of sulfonamides is 1. The molecule has 0 N–H and O–H groups in total.